The molecule has 0 bridgehead atoms. The maximum atomic E-state index is 12.9. The molecule has 134 valence electrons. The third kappa shape index (κ3) is 3.79. The minimum atomic E-state index is -0.780. The van der Waals surface area contributed by atoms with Crippen molar-refractivity contribution in [2.24, 2.45) is 0 Å². The van der Waals surface area contributed by atoms with Gasteiger partial charge in [-0.1, -0.05) is 6.92 Å². The van der Waals surface area contributed by atoms with Crippen LogP contribution in [-0.4, -0.2) is 76.9 Å². The fourth-order valence-corrected chi connectivity index (χ4v) is 3.45. The van der Waals surface area contributed by atoms with Crippen LogP contribution in [0.1, 0.15) is 26.1 Å². The Morgan fingerprint density at radius 3 is 2.83 bits per heavy atom. The second-order valence-electron chi connectivity index (χ2n) is 6.73. The molecule has 0 spiro atoms. The average molecular weight is 336 g/mol. The fourth-order valence-electron chi connectivity index (χ4n) is 3.45. The smallest absolute Gasteiger partial charge is 0.256 e. The van der Waals surface area contributed by atoms with Gasteiger partial charge in [0.15, 0.2) is 5.60 Å². The van der Waals surface area contributed by atoms with Gasteiger partial charge in [0, 0.05) is 45.1 Å². The molecule has 0 aromatic carbocycles. The Bertz CT molecular complexity index is 556. The van der Waals surface area contributed by atoms with E-state index in [4.69, 9.17) is 9.47 Å². The molecule has 3 heterocycles. The first kappa shape index (κ1) is 17.4. The maximum absolute atomic E-state index is 12.9. The molecule has 1 aromatic heterocycles. The van der Waals surface area contributed by atoms with Gasteiger partial charge in [0.1, 0.15) is 5.82 Å². The van der Waals surface area contributed by atoms with Gasteiger partial charge in [0.25, 0.3) is 5.91 Å². The summed E-state index contributed by atoms with van der Waals surface area (Å²) in [6.45, 7) is 10.3. The van der Waals surface area contributed by atoms with E-state index in [1.807, 2.05) is 24.2 Å². The van der Waals surface area contributed by atoms with Gasteiger partial charge in [0.05, 0.1) is 26.4 Å². The molecule has 1 aromatic rings. The van der Waals surface area contributed by atoms with E-state index in [9.17, 15) is 4.79 Å². The number of ether oxygens (including phenoxy) is 2. The molecule has 3 rings (SSSR count). The number of hydrogen-bond donors (Lipinski definition) is 0. The number of rotatable bonds is 5. The van der Waals surface area contributed by atoms with Gasteiger partial charge in [-0.15, -0.1) is 0 Å². The zero-order valence-electron chi connectivity index (χ0n) is 14.7. The molecule has 7 heteroatoms. The van der Waals surface area contributed by atoms with Crippen LogP contribution in [0, 0.1) is 0 Å². The van der Waals surface area contributed by atoms with Crippen LogP contribution in [0.4, 0.5) is 0 Å². The third-order valence-corrected chi connectivity index (χ3v) is 4.74. The van der Waals surface area contributed by atoms with Crippen LogP contribution in [0.2, 0.25) is 0 Å². The molecule has 0 radical (unpaired) electrons. The van der Waals surface area contributed by atoms with Crippen molar-refractivity contribution >= 4 is 5.91 Å². The molecule has 2 fully saturated rings. The Kier molecular flexibility index (Phi) is 5.53. The number of morpholine rings is 2. The highest BCUT2D eigenvalue weighted by molar-refractivity contribution is 5.85. The first-order chi connectivity index (χ1) is 11.6. The zero-order chi connectivity index (χ0) is 17.0. The van der Waals surface area contributed by atoms with Crippen LogP contribution in [0.5, 0.6) is 0 Å². The lowest BCUT2D eigenvalue weighted by Gasteiger charge is -2.42. The number of imidazole rings is 1. The summed E-state index contributed by atoms with van der Waals surface area (Å²) in [6.07, 6.45) is 4.96. The molecule has 0 aliphatic carbocycles. The average Bonchev–Trinajstić information content (AvgIpc) is 3.02. The van der Waals surface area contributed by atoms with Gasteiger partial charge in [-0.3, -0.25) is 9.69 Å². The Balaban J connectivity index is 1.64. The van der Waals surface area contributed by atoms with E-state index in [2.05, 4.69) is 21.4 Å². The molecular formula is C17H28N4O3. The van der Waals surface area contributed by atoms with E-state index in [0.717, 1.165) is 31.9 Å². The Morgan fingerprint density at radius 1 is 1.29 bits per heavy atom. The quantitative estimate of drug-likeness (QED) is 0.794. The summed E-state index contributed by atoms with van der Waals surface area (Å²) >= 11 is 0. The first-order valence-corrected chi connectivity index (χ1v) is 8.86. The second-order valence-corrected chi connectivity index (χ2v) is 6.73. The monoisotopic (exact) mass is 336 g/mol. The van der Waals surface area contributed by atoms with Crippen LogP contribution >= 0.6 is 0 Å². The van der Waals surface area contributed by atoms with Gasteiger partial charge >= 0.3 is 0 Å². The zero-order valence-corrected chi connectivity index (χ0v) is 14.7. The van der Waals surface area contributed by atoms with Crippen molar-refractivity contribution in [3.8, 4) is 0 Å². The van der Waals surface area contributed by atoms with Gasteiger partial charge in [-0.05, 0) is 13.3 Å². The number of hydrogen-bond acceptors (Lipinski definition) is 5. The normalized spacial score (nSPS) is 25.8. The summed E-state index contributed by atoms with van der Waals surface area (Å²) in [4.78, 5) is 21.5. The number of aryl methyl sites for hydroxylation is 1. The van der Waals surface area contributed by atoms with Crippen molar-refractivity contribution in [1.29, 1.82) is 0 Å². The lowest BCUT2D eigenvalue weighted by Crippen LogP contribution is -2.60. The summed E-state index contributed by atoms with van der Waals surface area (Å²) in [5, 5.41) is 0. The molecule has 0 N–H and O–H groups in total. The maximum Gasteiger partial charge on any atom is 0.256 e. The minimum absolute atomic E-state index is 0.0763. The van der Waals surface area contributed by atoms with Crippen molar-refractivity contribution in [2.45, 2.75) is 39.0 Å². The molecule has 2 aliphatic heterocycles. The number of amides is 1. The van der Waals surface area contributed by atoms with Crippen LogP contribution in [-0.2, 0) is 27.4 Å². The lowest BCUT2D eigenvalue weighted by molar-refractivity contribution is -0.171. The summed E-state index contributed by atoms with van der Waals surface area (Å²) in [6, 6.07) is 0. The van der Waals surface area contributed by atoms with E-state index in [1.54, 1.807) is 0 Å². The Hall–Kier alpha value is -1.44. The number of carbonyl (C=O) groups is 1. The van der Waals surface area contributed by atoms with Crippen molar-refractivity contribution in [2.75, 3.05) is 46.0 Å². The molecule has 2 aliphatic rings. The Labute approximate surface area is 143 Å². The fraction of sp³-hybridized carbons (Fsp3) is 0.765. The van der Waals surface area contributed by atoms with E-state index < -0.39 is 5.60 Å². The topological polar surface area (TPSA) is 59.8 Å². The predicted octanol–water partition coefficient (Wildman–Crippen LogP) is 0.743. The van der Waals surface area contributed by atoms with Gasteiger partial charge in [-0.2, -0.15) is 0 Å². The summed E-state index contributed by atoms with van der Waals surface area (Å²) in [5.41, 5.74) is -0.780. The van der Waals surface area contributed by atoms with Crippen LogP contribution < -0.4 is 0 Å². The molecule has 0 saturated carbocycles. The second kappa shape index (κ2) is 7.63. The molecule has 7 nitrogen and oxygen atoms in total. The third-order valence-electron chi connectivity index (χ3n) is 4.74. The Morgan fingerprint density at radius 2 is 2.08 bits per heavy atom. The number of nitrogens with zero attached hydrogens (tertiary/aromatic N) is 4. The van der Waals surface area contributed by atoms with Crippen molar-refractivity contribution < 1.29 is 14.3 Å². The molecular weight excluding hydrogens is 308 g/mol. The van der Waals surface area contributed by atoms with E-state index >= 15 is 0 Å². The van der Waals surface area contributed by atoms with Crippen LogP contribution in [0.25, 0.3) is 0 Å². The number of carbonyl (C=O) groups excluding carboxylic acids is 1. The number of aromatic nitrogens is 2. The highest BCUT2D eigenvalue weighted by Crippen LogP contribution is 2.22. The van der Waals surface area contributed by atoms with Crippen molar-refractivity contribution in [1.82, 2.24) is 19.4 Å². The van der Waals surface area contributed by atoms with E-state index in [-0.39, 0.29) is 5.91 Å². The summed E-state index contributed by atoms with van der Waals surface area (Å²) in [5.74, 6) is 1.13. The summed E-state index contributed by atoms with van der Waals surface area (Å²) in [7, 11) is 0. The molecule has 2 saturated heterocycles. The molecule has 0 unspecified atom stereocenters. The first-order valence-electron chi connectivity index (χ1n) is 8.86. The van der Waals surface area contributed by atoms with E-state index in [1.165, 1.54) is 0 Å². The van der Waals surface area contributed by atoms with Gasteiger partial charge in [-0.25, -0.2) is 4.98 Å². The molecule has 1 atom stereocenters. The van der Waals surface area contributed by atoms with Crippen LogP contribution in [0.15, 0.2) is 12.4 Å². The molecule has 1 amide bonds. The largest absolute Gasteiger partial charge is 0.378 e. The highest BCUT2D eigenvalue weighted by atomic mass is 16.5. The van der Waals surface area contributed by atoms with Crippen LogP contribution in [0.3, 0.4) is 0 Å². The SMILES string of the molecule is CCCn1ccnc1CN1CCO[C@@](C)(C(=O)N2CCOCC2)C1. The predicted molar refractivity (Wildman–Crippen MR) is 89.6 cm³/mol. The van der Waals surface area contributed by atoms with E-state index in [0.29, 0.717) is 39.5 Å². The van der Waals surface area contributed by atoms with Gasteiger partial charge in [0.2, 0.25) is 0 Å². The van der Waals surface area contributed by atoms with Gasteiger partial charge < -0.3 is 18.9 Å². The van der Waals surface area contributed by atoms with Crippen molar-refractivity contribution in [3.05, 3.63) is 18.2 Å². The summed E-state index contributed by atoms with van der Waals surface area (Å²) < 4.78 is 13.4. The highest BCUT2D eigenvalue weighted by Gasteiger charge is 2.42. The van der Waals surface area contributed by atoms with Crippen molar-refractivity contribution in [3.63, 3.8) is 0 Å². The molecule has 24 heavy (non-hydrogen) atoms. The minimum Gasteiger partial charge on any atom is -0.378 e. The lowest BCUT2D eigenvalue weighted by atomic mass is 10.0. The standard InChI is InChI=1S/C17H28N4O3/c1-3-5-20-6-4-18-15(20)13-19-7-12-24-17(2,14-19)16(22)21-8-10-23-11-9-21/h4,6H,3,5,7-14H2,1-2H3/t17-/m1/s1.